The molecule has 0 aliphatic rings. The van der Waals surface area contributed by atoms with E-state index in [9.17, 15) is 4.79 Å². The number of urea groups is 1. The number of methoxy groups -OCH3 is 1. The molecular weight excluding hydrogens is 448 g/mol. The Labute approximate surface area is 184 Å². The minimum absolute atomic E-state index is 0.218. The number of halogens is 1. The first-order valence-corrected chi connectivity index (χ1v) is 9.96. The number of nitroso groups, excluding NO2 is 1. The smallest absolute Gasteiger partial charge is 0.327 e. The molecule has 3 aromatic rings. The lowest BCUT2D eigenvalue weighted by molar-refractivity contribution is 0.248. The maximum Gasteiger partial charge on any atom is 0.327 e. The third-order valence-electron chi connectivity index (χ3n) is 4.33. The highest BCUT2D eigenvalue weighted by Gasteiger charge is 2.20. The lowest BCUT2D eigenvalue weighted by atomic mass is 10.1. The van der Waals surface area contributed by atoms with Crippen molar-refractivity contribution in [3.05, 3.63) is 87.4 Å². The van der Waals surface area contributed by atoms with Gasteiger partial charge in [-0.25, -0.2) is 14.7 Å². The molecule has 30 heavy (non-hydrogen) atoms. The maximum absolute atomic E-state index is 13.0. The number of pyridine rings is 1. The monoisotopic (exact) mass is 470 g/mol. The van der Waals surface area contributed by atoms with Gasteiger partial charge in [-0.2, -0.15) is 4.91 Å². The number of aryl methyl sites for hydroxylation is 1. The van der Waals surface area contributed by atoms with Gasteiger partial charge in [0.1, 0.15) is 11.6 Å². The van der Waals surface area contributed by atoms with Crippen molar-refractivity contribution in [2.24, 2.45) is 0 Å². The normalized spacial score (nSPS) is 9.83. The van der Waals surface area contributed by atoms with Crippen molar-refractivity contribution in [1.82, 2.24) is 10.3 Å². The molecular formula is C22H23BrN4O3. The summed E-state index contributed by atoms with van der Waals surface area (Å²) in [5, 5.41) is 3.00. The van der Waals surface area contributed by atoms with Crippen molar-refractivity contribution in [2.45, 2.75) is 13.3 Å². The van der Waals surface area contributed by atoms with Gasteiger partial charge in [0.05, 0.1) is 12.8 Å². The number of ether oxygens (including phenoxy) is 1. The van der Waals surface area contributed by atoms with E-state index < -0.39 is 0 Å². The number of hydrogen-bond acceptors (Lipinski definition) is 5. The summed E-state index contributed by atoms with van der Waals surface area (Å²) in [4.78, 5) is 26.5. The molecule has 0 bridgehead atoms. The summed E-state index contributed by atoms with van der Waals surface area (Å²) in [6.07, 6.45) is 2.44. The zero-order valence-electron chi connectivity index (χ0n) is 16.8. The predicted octanol–water partition coefficient (Wildman–Crippen LogP) is 5.58. The zero-order chi connectivity index (χ0) is 21.9. The predicted molar refractivity (Wildman–Crippen MR) is 121 cm³/mol. The third-order valence-corrected chi connectivity index (χ3v) is 4.86. The van der Waals surface area contributed by atoms with Crippen LogP contribution in [0.25, 0.3) is 0 Å². The van der Waals surface area contributed by atoms with E-state index in [0.29, 0.717) is 12.4 Å². The van der Waals surface area contributed by atoms with Gasteiger partial charge < -0.3 is 10.1 Å². The van der Waals surface area contributed by atoms with E-state index >= 15 is 0 Å². The van der Waals surface area contributed by atoms with Crippen LogP contribution in [0.5, 0.6) is 5.75 Å². The number of aromatic nitrogens is 1. The molecule has 2 aromatic carbocycles. The Hall–Kier alpha value is -3.26. The van der Waals surface area contributed by atoms with Crippen molar-refractivity contribution < 1.29 is 9.53 Å². The molecule has 0 saturated heterocycles. The fraction of sp³-hybridized carbons (Fsp3) is 0.182. The lowest BCUT2D eigenvalue weighted by Crippen LogP contribution is -2.38. The van der Waals surface area contributed by atoms with Gasteiger partial charge in [0, 0.05) is 17.2 Å². The molecule has 2 N–H and O–H groups in total. The molecule has 3 rings (SSSR count). The highest BCUT2D eigenvalue weighted by Crippen LogP contribution is 2.28. The number of hydrogen-bond donors (Lipinski definition) is 2. The summed E-state index contributed by atoms with van der Waals surface area (Å²) in [5.41, 5.74) is 7.30. The molecule has 0 saturated carbocycles. The SMILES string of the molecule is COc1ccc(N(C(=O)NCCc2ccc(Br)cc2)c2ncccc2C)cc1.N=O. The lowest BCUT2D eigenvalue weighted by Gasteiger charge is -2.24. The minimum atomic E-state index is -0.218. The molecule has 2 amide bonds. The second-order valence-electron chi connectivity index (χ2n) is 6.29. The summed E-state index contributed by atoms with van der Waals surface area (Å²) in [6, 6.07) is 19.0. The number of nitrogens with zero attached hydrogens (tertiary/aromatic N) is 2. The van der Waals surface area contributed by atoms with E-state index in [2.05, 4.69) is 31.8 Å². The quantitative estimate of drug-likeness (QED) is 0.459. The van der Waals surface area contributed by atoms with Gasteiger partial charge >= 0.3 is 6.03 Å². The second-order valence-corrected chi connectivity index (χ2v) is 7.20. The Morgan fingerprint density at radius 3 is 2.37 bits per heavy atom. The fourth-order valence-electron chi connectivity index (χ4n) is 2.82. The van der Waals surface area contributed by atoms with E-state index in [0.717, 1.165) is 33.5 Å². The van der Waals surface area contributed by atoms with E-state index in [1.807, 2.05) is 67.6 Å². The van der Waals surface area contributed by atoms with Gasteiger partial charge in [0.2, 0.25) is 0 Å². The van der Waals surface area contributed by atoms with Crippen LogP contribution < -0.4 is 15.0 Å². The number of amides is 2. The van der Waals surface area contributed by atoms with Crippen LogP contribution in [0.1, 0.15) is 11.1 Å². The standard InChI is InChI=1S/C22H22BrN3O2.HNO/c1-16-4-3-14-24-21(16)26(19-9-11-20(28-2)12-10-19)22(27)25-15-13-17-5-7-18(23)8-6-17;1-2/h3-12,14H,13,15H2,1-2H3,(H,25,27);1H. The first kappa shape index (κ1) is 23.0. The fourth-order valence-corrected chi connectivity index (χ4v) is 3.09. The summed E-state index contributed by atoms with van der Waals surface area (Å²) in [5.74, 6) is 1.34. The van der Waals surface area contributed by atoms with Gasteiger partial charge in [0.15, 0.2) is 0 Å². The van der Waals surface area contributed by atoms with Crippen molar-refractivity contribution in [3.8, 4) is 5.75 Å². The van der Waals surface area contributed by atoms with Crippen molar-refractivity contribution >= 4 is 33.5 Å². The molecule has 0 spiro atoms. The average Bonchev–Trinajstić information content (AvgIpc) is 2.78. The van der Waals surface area contributed by atoms with Crippen LogP contribution >= 0.6 is 15.9 Å². The third kappa shape index (κ3) is 6.12. The molecule has 156 valence electrons. The van der Waals surface area contributed by atoms with Crippen LogP contribution in [0.2, 0.25) is 0 Å². The van der Waals surface area contributed by atoms with E-state index in [-0.39, 0.29) is 6.03 Å². The number of carbonyl (C=O) groups excluding carboxylic acids is 1. The van der Waals surface area contributed by atoms with Gasteiger partial charge in [-0.05, 0) is 66.9 Å². The first-order chi connectivity index (χ1) is 14.6. The molecule has 7 nitrogen and oxygen atoms in total. The number of carbonyl (C=O) groups is 1. The summed E-state index contributed by atoms with van der Waals surface area (Å²) in [6.45, 7) is 2.47. The molecule has 0 aliphatic heterocycles. The molecule has 0 fully saturated rings. The average molecular weight is 471 g/mol. The number of rotatable bonds is 6. The highest BCUT2D eigenvalue weighted by atomic mass is 79.9. The minimum Gasteiger partial charge on any atom is -0.497 e. The molecule has 0 aliphatic carbocycles. The Morgan fingerprint density at radius 2 is 1.77 bits per heavy atom. The molecule has 1 aromatic heterocycles. The molecule has 0 radical (unpaired) electrons. The van der Waals surface area contributed by atoms with Gasteiger partial charge in [-0.15, -0.1) is 0 Å². The van der Waals surface area contributed by atoms with Crippen LogP contribution in [0, 0.1) is 17.4 Å². The first-order valence-electron chi connectivity index (χ1n) is 9.17. The van der Waals surface area contributed by atoms with Crippen LogP contribution in [0.15, 0.2) is 71.3 Å². The summed E-state index contributed by atoms with van der Waals surface area (Å²) in [7, 11) is 1.62. The number of benzene rings is 2. The van der Waals surface area contributed by atoms with E-state index in [1.54, 1.807) is 18.2 Å². The zero-order valence-corrected chi connectivity index (χ0v) is 18.3. The van der Waals surface area contributed by atoms with Crippen LogP contribution in [0.4, 0.5) is 16.3 Å². The Balaban J connectivity index is 0.00000155. The van der Waals surface area contributed by atoms with E-state index in [4.69, 9.17) is 9.64 Å². The topological polar surface area (TPSA) is 95.4 Å². The number of nitrogens with one attached hydrogen (secondary N) is 2. The van der Waals surface area contributed by atoms with Crippen molar-refractivity contribution in [3.63, 3.8) is 0 Å². The maximum atomic E-state index is 13.0. The molecule has 1 heterocycles. The van der Waals surface area contributed by atoms with Crippen LogP contribution in [-0.2, 0) is 6.42 Å². The Morgan fingerprint density at radius 1 is 1.10 bits per heavy atom. The molecule has 8 heteroatoms. The summed E-state index contributed by atoms with van der Waals surface area (Å²) < 4.78 is 6.26. The molecule has 0 atom stereocenters. The van der Waals surface area contributed by atoms with Crippen molar-refractivity contribution in [2.75, 3.05) is 18.6 Å². The van der Waals surface area contributed by atoms with Gasteiger partial charge in [-0.3, -0.25) is 0 Å². The Bertz CT molecular complexity index is 949. The van der Waals surface area contributed by atoms with Crippen LogP contribution in [0.3, 0.4) is 0 Å². The van der Waals surface area contributed by atoms with Gasteiger partial charge in [0.25, 0.3) is 0 Å². The number of anilines is 2. The Kier molecular flexibility index (Phi) is 8.96. The summed E-state index contributed by atoms with van der Waals surface area (Å²) >= 11 is 3.43. The highest BCUT2D eigenvalue weighted by molar-refractivity contribution is 9.10. The molecule has 0 unspecified atom stereocenters. The van der Waals surface area contributed by atoms with E-state index in [1.165, 1.54) is 0 Å². The largest absolute Gasteiger partial charge is 0.497 e. The van der Waals surface area contributed by atoms with Gasteiger partial charge in [-0.1, -0.05) is 39.7 Å². The second kappa shape index (κ2) is 11.7. The van der Waals surface area contributed by atoms with Crippen molar-refractivity contribution in [1.29, 1.82) is 5.59 Å². The van der Waals surface area contributed by atoms with Crippen LogP contribution in [-0.4, -0.2) is 24.7 Å².